The molecule has 1 fully saturated rings. The van der Waals surface area contributed by atoms with Gasteiger partial charge >= 0.3 is 0 Å². The largest absolute Gasteiger partial charge is 0.496 e. The van der Waals surface area contributed by atoms with Crippen LogP contribution in [0.4, 0.5) is 4.39 Å². The Bertz CT molecular complexity index is 1830. The number of likely N-dealkylation sites (tertiary alicyclic amines) is 1. The summed E-state index contributed by atoms with van der Waals surface area (Å²) in [5, 5.41) is 19.4. The highest BCUT2D eigenvalue weighted by Gasteiger charge is 2.36. The predicted octanol–water partition coefficient (Wildman–Crippen LogP) is 3.39. The van der Waals surface area contributed by atoms with Crippen LogP contribution >= 0.6 is 0 Å². The quantitative estimate of drug-likeness (QED) is 0.305. The third kappa shape index (κ3) is 6.89. The van der Waals surface area contributed by atoms with Gasteiger partial charge in [0.2, 0.25) is 0 Å². The molecule has 0 spiro atoms. The van der Waals surface area contributed by atoms with Crippen LogP contribution in [0.5, 0.6) is 17.2 Å². The molecular weight excluding hydrogens is 611 g/mol. The number of hydrogen-bond acceptors (Lipinski definition) is 9. The highest BCUT2D eigenvalue weighted by molar-refractivity contribution is 5.97. The minimum Gasteiger partial charge on any atom is -0.496 e. The molecule has 3 N–H and O–H groups in total. The Labute approximate surface area is 269 Å². The molecule has 2 aliphatic rings. The lowest BCUT2D eigenvalue weighted by molar-refractivity contribution is -0.123. The van der Waals surface area contributed by atoms with Crippen molar-refractivity contribution in [3.63, 3.8) is 0 Å². The normalized spacial score (nSPS) is 18.3. The van der Waals surface area contributed by atoms with Gasteiger partial charge in [0, 0.05) is 43.2 Å². The third-order valence-electron chi connectivity index (χ3n) is 8.18. The third-order valence-corrected chi connectivity index (χ3v) is 8.18. The molecule has 0 aliphatic carbocycles. The number of aromatic nitrogens is 1. The zero-order valence-corrected chi connectivity index (χ0v) is 25.7. The fourth-order valence-corrected chi connectivity index (χ4v) is 5.74. The number of piperidine rings is 1. The maximum absolute atomic E-state index is 14.7. The molecule has 4 aromatic rings. The molecule has 12 nitrogen and oxygen atoms in total. The van der Waals surface area contributed by atoms with E-state index < -0.39 is 42.3 Å². The van der Waals surface area contributed by atoms with E-state index in [0.29, 0.717) is 39.5 Å². The summed E-state index contributed by atoms with van der Waals surface area (Å²) >= 11 is 0. The number of ether oxygens (including phenoxy) is 3. The molecular formula is C34H33FN4O8. The number of carbonyl (C=O) groups excluding carboxylic acids is 3. The minimum atomic E-state index is -0.735. The number of aliphatic hydroxyl groups excluding tert-OH is 1. The molecule has 6 rings (SSSR count). The second-order valence-electron chi connectivity index (χ2n) is 11.3. The van der Waals surface area contributed by atoms with E-state index >= 15 is 0 Å². The number of nitrogens with zero attached hydrogens (tertiary/aromatic N) is 2. The number of hydrogen-bond donors (Lipinski definition) is 3. The number of aliphatic hydroxyl groups is 1. The zero-order chi connectivity index (χ0) is 33.1. The van der Waals surface area contributed by atoms with E-state index in [0.717, 1.165) is 0 Å². The predicted molar refractivity (Wildman–Crippen MR) is 166 cm³/mol. The van der Waals surface area contributed by atoms with Crippen LogP contribution in [0.15, 0.2) is 65.2 Å². The monoisotopic (exact) mass is 644 g/mol. The smallest absolute Gasteiger partial charge is 0.276 e. The molecule has 0 radical (unpaired) electrons. The summed E-state index contributed by atoms with van der Waals surface area (Å²) in [7, 11) is 1.52. The Balaban J connectivity index is 1.37. The average molecular weight is 645 g/mol. The van der Waals surface area contributed by atoms with Crippen LogP contribution in [-0.4, -0.2) is 71.8 Å². The molecule has 3 aromatic carbocycles. The Morgan fingerprint density at radius 1 is 1.11 bits per heavy atom. The molecule has 1 saturated heterocycles. The van der Waals surface area contributed by atoms with Crippen molar-refractivity contribution in [3.8, 4) is 28.4 Å². The molecule has 0 saturated carbocycles. The Morgan fingerprint density at radius 3 is 2.77 bits per heavy atom. The van der Waals surface area contributed by atoms with Gasteiger partial charge in [-0.3, -0.25) is 14.4 Å². The number of halogens is 1. The molecule has 6 bridgehead atoms. The van der Waals surface area contributed by atoms with Crippen molar-refractivity contribution in [2.75, 3.05) is 26.8 Å². The van der Waals surface area contributed by atoms with Crippen molar-refractivity contribution in [1.82, 2.24) is 20.7 Å². The van der Waals surface area contributed by atoms with Gasteiger partial charge in [0.15, 0.2) is 12.3 Å². The van der Waals surface area contributed by atoms with E-state index in [1.165, 1.54) is 24.1 Å². The van der Waals surface area contributed by atoms with Crippen molar-refractivity contribution in [1.29, 1.82) is 0 Å². The first-order valence-electron chi connectivity index (χ1n) is 15.0. The second kappa shape index (κ2) is 13.5. The zero-order valence-electron chi connectivity index (χ0n) is 25.7. The minimum absolute atomic E-state index is 0.00497. The Kier molecular flexibility index (Phi) is 9.07. The number of rotatable bonds is 3. The first-order chi connectivity index (χ1) is 22.7. The van der Waals surface area contributed by atoms with Gasteiger partial charge < -0.3 is 39.4 Å². The van der Waals surface area contributed by atoms with E-state index in [2.05, 4.69) is 15.8 Å². The summed E-state index contributed by atoms with van der Waals surface area (Å²) in [5.74, 6) is -0.398. The number of nitrogens with one attached hydrogen (secondary N) is 2. The van der Waals surface area contributed by atoms with Crippen LogP contribution in [0.2, 0.25) is 0 Å². The van der Waals surface area contributed by atoms with Crippen LogP contribution < -0.4 is 24.8 Å². The summed E-state index contributed by atoms with van der Waals surface area (Å²) < 4.78 is 37.4. The first-order valence-corrected chi connectivity index (χ1v) is 15.0. The fourth-order valence-electron chi connectivity index (χ4n) is 5.74. The summed E-state index contributed by atoms with van der Waals surface area (Å²) in [6, 6.07) is 15.4. The number of fused-ring (bicyclic) bond motifs is 8. The molecule has 0 unspecified atom stereocenters. The number of aryl methyl sites for hydroxylation is 1. The summed E-state index contributed by atoms with van der Waals surface area (Å²) in [6.07, 6.45) is -0.379. The van der Waals surface area contributed by atoms with Crippen LogP contribution in [0.1, 0.15) is 44.2 Å². The van der Waals surface area contributed by atoms with E-state index in [9.17, 15) is 23.9 Å². The van der Waals surface area contributed by atoms with Crippen LogP contribution in [0.25, 0.3) is 11.1 Å². The molecule has 47 heavy (non-hydrogen) atoms. The van der Waals surface area contributed by atoms with Gasteiger partial charge in [-0.15, -0.1) is 0 Å². The van der Waals surface area contributed by atoms with Crippen LogP contribution in [0, 0.1) is 12.7 Å². The molecule has 2 atom stereocenters. The van der Waals surface area contributed by atoms with Gasteiger partial charge in [0.05, 0.1) is 25.3 Å². The van der Waals surface area contributed by atoms with Crippen LogP contribution in [-0.2, 0) is 17.9 Å². The van der Waals surface area contributed by atoms with E-state index in [4.69, 9.17) is 18.7 Å². The molecule has 3 heterocycles. The lowest BCUT2D eigenvalue weighted by Crippen LogP contribution is -2.58. The number of carbonyl (C=O) groups is 3. The molecule has 13 heteroatoms. The van der Waals surface area contributed by atoms with Crippen LogP contribution in [0.3, 0.4) is 0 Å². The van der Waals surface area contributed by atoms with Gasteiger partial charge in [-0.05, 0) is 60.5 Å². The highest BCUT2D eigenvalue weighted by Crippen LogP contribution is 2.33. The van der Waals surface area contributed by atoms with Gasteiger partial charge in [-0.1, -0.05) is 17.3 Å². The van der Waals surface area contributed by atoms with Gasteiger partial charge in [-0.2, -0.15) is 0 Å². The number of amides is 3. The number of benzene rings is 3. The first kappa shape index (κ1) is 31.5. The molecule has 244 valence electrons. The highest BCUT2D eigenvalue weighted by atomic mass is 19.1. The summed E-state index contributed by atoms with van der Waals surface area (Å²) in [4.78, 5) is 41.4. The Morgan fingerprint density at radius 2 is 1.96 bits per heavy atom. The van der Waals surface area contributed by atoms with Crippen molar-refractivity contribution in [2.45, 2.75) is 38.6 Å². The SMILES string of the molecule is COc1ccc2cc1-c1cccc(c1)OCC(=O)NCc1cc(F)cc(c1)O[C@@H]1CCN(C(=O)c3noc(C)c3CO)C[C@H]1NC2=O. The van der Waals surface area contributed by atoms with E-state index in [-0.39, 0.29) is 49.7 Å². The average Bonchev–Trinajstić information content (AvgIpc) is 3.46. The fraction of sp³-hybridized carbons (Fsp3) is 0.294. The van der Waals surface area contributed by atoms with E-state index in [1.807, 2.05) is 6.07 Å². The summed E-state index contributed by atoms with van der Waals surface area (Å²) in [6.45, 7) is 1.20. The maximum Gasteiger partial charge on any atom is 0.276 e. The topological polar surface area (TPSA) is 152 Å². The number of methoxy groups -OCH3 is 1. The van der Waals surface area contributed by atoms with E-state index in [1.54, 1.807) is 49.4 Å². The Hall–Kier alpha value is -5.43. The standard InChI is InChI=1S/C34H33FN4O8/c1-19-27(17-40)32(38-47-19)34(43)39-9-8-30-28(16-39)37-33(42)22-6-7-29(44-2)26(13-22)21-4-3-5-24(12-21)45-18-31(41)36-15-20-10-23(35)14-25(11-20)46-30/h3-7,10-14,28,30,40H,8-9,15-18H2,1-2H3,(H,36,41)(H,37,42)/t28-,30-/m1/s1. The molecule has 1 aromatic heterocycles. The lowest BCUT2D eigenvalue weighted by Gasteiger charge is -2.38. The second-order valence-corrected chi connectivity index (χ2v) is 11.3. The summed E-state index contributed by atoms with van der Waals surface area (Å²) in [5.41, 5.74) is 2.37. The van der Waals surface area contributed by atoms with Gasteiger partial charge in [0.1, 0.15) is 34.9 Å². The maximum atomic E-state index is 14.7. The van der Waals surface area contributed by atoms with Crippen molar-refractivity contribution in [2.24, 2.45) is 0 Å². The van der Waals surface area contributed by atoms with Crippen molar-refractivity contribution >= 4 is 17.7 Å². The molecule has 3 amide bonds. The lowest BCUT2D eigenvalue weighted by atomic mass is 9.98. The molecule has 2 aliphatic heterocycles. The van der Waals surface area contributed by atoms with Gasteiger partial charge in [0.25, 0.3) is 17.7 Å². The van der Waals surface area contributed by atoms with Crippen molar-refractivity contribution < 1.29 is 42.6 Å². The van der Waals surface area contributed by atoms with Crippen molar-refractivity contribution in [3.05, 3.63) is 94.6 Å². The van der Waals surface area contributed by atoms with Gasteiger partial charge in [-0.25, -0.2) is 4.39 Å².